The van der Waals surface area contributed by atoms with E-state index >= 15 is 0 Å². The molecule has 0 atom stereocenters. The number of benzene rings is 2. The fraction of sp³-hybridized carbons (Fsp3) is 0.0400. The van der Waals surface area contributed by atoms with Crippen molar-refractivity contribution in [2.75, 3.05) is 0 Å². The zero-order valence-electron chi connectivity index (χ0n) is 17.4. The van der Waals surface area contributed by atoms with E-state index in [0.29, 0.717) is 44.8 Å². The molecule has 0 bridgehead atoms. The average molecular weight is 438 g/mol. The SMILES string of the molecule is Cc1ccncc1-c1cc(F)c2n[nH]c(-c3nc4c(-c5ccccc5F)nccc4[nH]3)c2c1. The Morgan fingerprint density at radius 1 is 0.879 bits per heavy atom. The van der Waals surface area contributed by atoms with Gasteiger partial charge in [0.2, 0.25) is 0 Å². The van der Waals surface area contributed by atoms with Gasteiger partial charge in [0.25, 0.3) is 0 Å². The van der Waals surface area contributed by atoms with Crippen molar-refractivity contribution < 1.29 is 8.78 Å². The lowest BCUT2D eigenvalue weighted by atomic mass is 10.0. The highest BCUT2D eigenvalue weighted by molar-refractivity contribution is 5.98. The van der Waals surface area contributed by atoms with Gasteiger partial charge in [0.05, 0.1) is 5.52 Å². The number of hydrogen-bond acceptors (Lipinski definition) is 4. The van der Waals surface area contributed by atoms with Crippen LogP contribution in [0.4, 0.5) is 8.78 Å². The maximum Gasteiger partial charge on any atom is 0.157 e. The van der Waals surface area contributed by atoms with Crippen molar-refractivity contribution in [3.8, 4) is 33.9 Å². The van der Waals surface area contributed by atoms with Crippen LogP contribution in [0.1, 0.15) is 5.56 Å². The molecule has 8 heteroatoms. The van der Waals surface area contributed by atoms with Crippen molar-refractivity contribution in [3.05, 3.63) is 84.3 Å². The van der Waals surface area contributed by atoms with Gasteiger partial charge >= 0.3 is 0 Å². The van der Waals surface area contributed by atoms with Gasteiger partial charge in [-0.2, -0.15) is 5.10 Å². The lowest BCUT2D eigenvalue weighted by Crippen LogP contribution is -1.89. The minimum Gasteiger partial charge on any atom is -0.337 e. The predicted octanol–water partition coefficient (Wildman–Crippen LogP) is 5.82. The van der Waals surface area contributed by atoms with Gasteiger partial charge in [-0.1, -0.05) is 12.1 Å². The summed E-state index contributed by atoms with van der Waals surface area (Å²) in [6.45, 7) is 1.95. The van der Waals surface area contributed by atoms with Gasteiger partial charge in [-0.25, -0.2) is 13.8 Å². The van der Waals surface area contributed by atoms with Gasteiger partial charge in [-0.15, -0.1) is 0 Å². The van der Waals surface area contributed by atoms with Crippen LogP contribution in [0.3, 0.4) is 0 Å². The molecule has 0 unspecified atom stereocenters. The highest BCUT2D eigenvalue weighted by Crippen LogP contribution is 2.34. The van der Waals surface area contributed by atoms with E-state index in [2.05, 4.69) is 30.1 Å². The Morgan fingerprint density at radius 2 is 1.76 bits per heavy atom. The molecule has 0 radical (unpaired) electrons. The first kappa shape index (κ1) is 19.2. The standard InChI is InChI=1S/C25H16F2N6/c1-13-6-8-28-12-17(13)14-10-16-21(19(27)11-14)32-33-23(16)25-30-20-7-9-29-22(24(20)31-25)15-4-2-3-5-18(15)26/h2-12H,1H3,(H,30,31)(H,32,33). The van der Waals surface area contributed by atoms with Gasteiger partial charge in [0.1, 0.15) is 28.2 Å². The summed E-state index contributed by atoms with van der Waals surface area (Å²) in [6.07, 6.45) is 5.01. The number of pyridine rings is 2. The first-order valence-corrected chi connectivity index (χ1v) is 10.3. The Balaban J connectivity index is 1.56. The fourth-order valence-electron chi connectivity index (χ4n) is 4.08. The zero-order chi connectivity index (χ0) is 22.5. The lowest BCUT2D eigenvalue weighted by molar-refractivity contribution is 0.631. The molecule has 0 fully saturated rings. The molecule has 0 spiro atoms. The van der Waals surface area contributed by atoms with Gasteiger partial charge in [0, 0.05) is 35.1 Å². The molecule has 2 N–H and O–H groups in total. The lowest BCUT2D eigenvalue weighted by Gasteiger charge is -2.06. The van der Waals surface area contributed by atoms with E-state index in [4.69, 9.17) is 0 Å². The summed E-state index contributed by atoms with van der Waals surface area (Å²) in [5, 5.41) is 7.64. The second kappa shape index (κ2) is 7.30. The number of H-pyrrole nitrogens is 2. The topological polar surface area (TPSA) is 83.1 Å². The smallest absolute Gasteiger partial charge is 0.157 e. The van der Waals surface area contributed by atoms with Gasteiger partial charge in [0.15, 0.2) is 11.6 Å². The second-order valence-corrected chi connectivity index (χ2v) is 7.76. The molecule has 33 heavy (non-hydrogen) atoms. The molecule has 160 valence electrons. The fourth-order valence-corrected chi connectivity index (χ4v) is 4.08. The predicted molar refractivity (Wildman–Crippen MR) is 122 cm³/mol. The maximum absolute atomic E-state index is 14.9. The Morgan fingerprint density at radius 3 is 2.61 bits per heavy atom. The Hall–Kier alpha value is -4.46. The summed E-state index contributed by atoms with van der Waals surface area (Å²) in [7, 11) is 0. The third kappa shape index (κ3) is 3.07. The highest BCUT2D eigenvalue weighted by Gasteiger charge is 2.19. The molecule has 4 aromatic heterocycles. The Labute approximate surface area is 186 Å². The van der Waals surface area contributed by atoms with Crippen LogP contribution in [0.25, 0.3) is 55.8 Å². The van der Waals surface area contributed by atoms with Crippen molar-refractivity contribution in [1.82, 2.24) is 30.1 Å². The largest absolute Gasteiger partial charge is 0.337 e. The molecule has 0 aliphatic carbocycles. The third-order valence-corrected chi connectivity index (χ3v) is 5.73. The zero-order valence-corrected chi connectivity index (χ0v) is 17.4. The van der Waals surface area contributed by atoms with Gasteiger partial charge in [-0.3, -0.25) is 15.1 Å². The number of rotatable bonds is 3. The molecule has 2 aromatic carbocycles. The quantitative estimate of drug-likeness (QED) is 0.365. The van der Waals surface area contributed by atoms with Crippen molar-refractivity contribution >= 4 is 21.9 Å². The van der Waals surface area contributed by atoms with Crippen molar-refractivity contribution in [1.29, 1.82) is 0 Å². The Kier molecular flexibility index (Phi) is 4.26. The van der Waals surface area contributed by atoms with E-state index in [-0.39, 0.29) is 11.3 Å². The molecular weight excluding hydrogens is 422 g/mol. The van der Waals surface area contributed by atoms with Crippen LogP contribution in [0.5, 0.6) is 0 Å². The molecule has 0 aliphatic heterocycles. The molecule has 4 heterocycles. The number of fused-ring (bicyclic) bond motifs is 2. The molecule has 0 aliphatic rings. The van der Waals surface area contributed by atoms with Crippen LogP contribution >= 0.6 is 0 Å². The van der Waals surface area contributed by atoms with Crippen LogP contribution in [0.2, 0.25) is 0 Å². The van der Waals surface area contributed by atoms with E-state index in [1.165, 1.54) is 12.1 Å². The first-order valence-electron chi connectivity index (χ1n) is 10.3. The minimum atomic E-state index is -0.446. The van der Waals surface area contributed by atoms with Gasteiger partial charge in [-0.05, 0) is 54.4 Å². The minimum absolute atomic E-state index is 0.211. The van der Waals surface area contributed by atoms with E-state index in [0.717, 1.165) is 11.1 Å². The van der Waals surface area contributed by atoms with Crippen LogP contribution in [-0.4, -0.2) is 30.1 Å². The molecule has 6 aromatic rings. The van der Waals surface area contributed by atoms with E-state index in [1.807, 2.05) is 19.1 Å². The number of nitrogens with one attached hydrogen (secondary N) is 2. The number of hydrogen-bond donors (Lipinski definition) is 2. The van der Waals surface area contributed by atoms with Crippen molar-refractivity contribution in [2.45, 2.75) is 6.92 Å². The normalized spacial score (nSPS) is 11.5. The second-order valence-electron chi connectivity index (χ2n) is 7.76. The van der Waals surface area contributed by atoms with E-state index in [1.54, 1.807) is 42.9 Å². The Bertz CT molecular complexity index is 1670. The van der Waals surface area contributed by atoms with Crippen LogP contribution in [-0.2, 0) is 0 Å². The van der Waals surface area contributed by atoms with Crippen LogP contribution in [0, 0.1) is 18.6 Å². The molecule has 0 saturated heterocycles. The third-order valence-electron chi connectivity index (χ3n) is 5.73. The number of nitrogens with zero attached hydrogens (tertiary/aromatic N) is 4. The van der Waals surface area contributed by atoms with Crippen molar-refractivity contribution in [2.24, 2.45) is 0 Å². The summed E-state index contributed by atoms with van der Waals surface area (Å²) in [5.41, 5.74) is 5.23. The van der Waals surface area contributed by atoms with Gasteiger partial charge < -0.3 is 4.98 Å². The number of aromatic amines is 2. The number of imidazole rings is 1. The van der Waals surface area contributed by atoms with Crippen molar-refractivity contribution in [3.63, 3.8) is 0 Å². The maximum atomic E-state index is 14.9. The average Bonchev–Trinajstić information content (AvgIpc) is 3.44. The summed E-state index contributed by atoms with van der Waals surface area (Å²) >= 11 is 0. The summed E-state index contributed by atoms with van der Waals surface area (Å²) in [6, 6.07) is 13.4. The highest BCUT2D eigenvalue weighted by atomic mass is 19.1. The van der Waals surface area contributed by atoms with E-state index < -0.39 is 5.82 Å². The molecule has 6 nitrogen and oxygen atoms in total. The summed E-state index contributed by atoms with van der Waals surface area (Å²) in [5.74, 6) is -0.372. The summed E-state index contributed by atoms with van der Waals surface area (Å²) in [4.78, 5) is 16.4. The number of aromatic nitrogens is 6. The molecule has 0 saturated carbocycles. The van der Waals surface area contributed by atoms with Crippen LogP contribution in [0.15, 0.2) is 67.1 Å². The number of halogens is 2. The monoisotopic (exact) mass is 438 g/mol. The number of aryl methyl sites for hydroxylation is 1. The first-order chi connectivity index (χ1) is 16.1. The van der Waals surface area contributed by atoms with Crippen LogP contribution < -0.4 is 0 Å². The molecular formula is C25H16F2N6. The summed E-state index contributed by atoms with van der Waals surface area (Å²) < 4.78 is 29.4. The molecule has 6 rings (SSSR count). The van der Waals surface area contributed by atoms with E-state index in [9.17, 15) is 8.78 Å². The molecule has 0 amide bonds.